The normalized spacial score (nSPS) is 12.1. The molecule has 1 atom stereocenters. The highest BCUT2D eigenvalue weighted by Gasteiger charge is 2.08. The van der Waals surface area contributed by atoms with Gasteiger partial charge in [-0.1, -0.05) is 49.7 Å². The molecule has 0 radical (unpaired) electrons. The Hall–Kier alpha value is -1.80. The summed E-state index contributed by atoms with van der Waals surface area (Å²) in [6, 6.07) is 16.2. The second kappa shape index (κ2) is 7.84. The summed E-state index contributed by atoms with van der Waals surface area (Å²) < 4.78 is 5.70. The molecule has 2 aromatic carbocycles. The van der Waals surface area contributed by atoms with Crippen molar-refractivity contribution in [1.29, 1.82) is 0 Å². The molecule has 0 aliphatic rings. The van der Waals surface area contributed by atoms with Crippen molar-refractivity contribution in [1.82, 2.24) is 0 Å². The van der Waals surface area contributed by atoms with E-state index in [1.165, 1.54) is 11.1 Å². The van der Waals surface area contributed by atoms with Crippen molar-refractivity contribution < 1.29 is 9.84 Å². The number of aliphatic hydroxyl groups is 1. The monoisotopic (exact) mass is 284 g/mol. The first-order chi connectivity index (χ1) is 10.2. The van der Waals surface area contributed by atoms with Crippen LogP contribution in [0.25, 0.3) is 0 Å². The maximum absolute atomic E-state index is 10.3. The Morgan fingerprint density at radius 3 is 2.67 bits per heavy atom. The van der Waals surface area contributed by atoms with Gasteiger partial charge in [0.05, 0.1) is 12.7 Å². The van der Waals surface area contributed by atoms with Crippen LogP contribution in [0.15, 0.2) is 48.5 Å². The molecule has 112 valence electrons. The molecule has 0 heterocycles. The summed E-state index contributed by atoms with van der Waals surface area (Å²) in [5.74, 6) is 0.863. The van der Waals surface area contributed by atoms with E-state index < -0.39 is 6.10 Å². The third-order valence-electron chi connectivity index (χ3n) is 3.52. The topological polar surface area (TPSA) is 29.5 Å². The van der Waals surface area contributed by atoms with Crippen molar-refractivity contribution in [3.63, 3.8) is 0 Å². The van der Waals surface area contributed by atoms with Crippen molar-refractivity contribution in [2.45, 2.75) is 39.2 Å². The molecule has 0 saturated heterocycles. The maximum Gasteiger partial charge on any atom is 0.119 e. The number of ether oxygens (including phenoxy) is 1. The minimum absolute atomic E-state index is 0.466. The number of aliphatic hydroxyl groups excluding tert-OH is 1. The van der Waals surface area contributed by atoms with Crippen LogP contribution in [-0.4, -0.2) is 11.7 Å². The molecular weight excluding hydrogens is 260 g/mol. The summed E-state index contributed by atoms with van der Waals surface area (Å²) in [6.45, 7) is 4.72. The molecule has 0 bridgehead atoms. The Morgan fingerprint density at radius 1 is 1.10 bits per heavy atom. The summed E-state index contributed by atoms with van der Waals surface area (Å²) in [6.07, 6.45) is 2.31. The second-order valence-electron chi connectivity index (χ2n) is 5.46. The predicted octanol–water partition coefficient (Wildman–Crippen LogP) is 4.45. The zero-order valence-corrected chi connectivity index (χ0v) is 12.9. The molecule has 2 heteroatoms. The Balaban J connectivity index is 1.86. The van der Waals surface area contributed by atoms with Gasteiger partial charge in [-0.05, 0) is 42.2 Å². The average molecular weight is 284 g/mol. The number of hydrogen-bond acceptors (Lipinski definition) is 2. The van der Waals surface area contributed by atoms with Crippen LogP contribution in [-0.2, 0) is 6.42 Å². The van der Waals surface area contributed by atoms with Crippen molar-refractivity contribution in [2.24, 2.45) is 0 Å². The van der Waals surface area contributed by atoms with Gasteiger partial charge in [0.15, 0.2) is 0 Å². The van der Waals surface area contributed by atoms with Crippen LogP contribution < -0.4 is 4.74 Å². The Morgan fingerprint density at radius 2 is 1.90 bits per heavy atom. The van der Waals surface area contributed by atoms with Crippen LogP contribution in [0.1, 0.15) is 42.6 Å². The number of aryl methyl sites for hydroxylation is 2. The van der Waals surface area contributed by atoms with Gasteiger partial charge < -0.3 is 9.84 Å². The molecule has 2 nitrogen and oxygen atoms in total. The maximum atomic E-state index is 10.3. The quantitative estimate of drug-likeness (QED) is 0.814. The van der Waals surface area contributed by atoms with E-state index in [0.717, 1.165) is 24.2 Å². The van der Waals surface area contributed by atoms with Gasteiger partial charge in [0.1, 0.15) is 5.75 Å². The average Bonchev–Trinajstić information content (AvgIpc) is 2.48. The van der Waals surface area contributed by atoms with Gasteiger partial charge in [-0.15, -0.1) is 0 Å². The van der Waals surface area contributed by atoms with Crippen LogP contribution >= 0.6 is 0 Å². The fraction of sp³-hybridized carbons (Fsp3) is 0.368. The first kappa shape index (κ1) is 15.6. The van der Waals surface area contributed by atoms with Gasteiger partial charge in [-0.2, -0.15) is 0 Å². The van der Waals surface area contributed by atoms with Crippen molar-refractivity contribution in [3.8, 4) is 5.75 Å². The smallest absolute Gasteiger partial charge is 0.119 e. The molecule has 1 N–H and O–H groups in total. The Labute approximate surface area is 127 Å². The van der Waals surface area contributed by atoms with Crippen LogP contribution in [0.4, 0.5) is 0 Å². The van der Waals surface area contributed by atoms with Gasteiger partial charge in [0.2, 0.25) is 0 Å². The van der Waals surface area contributed by atoms with Crippen molar-refractivity contribution in [2.75, 3.05) is 6.61 Å². The van der Waals surface area contributed by atoms with E-state index in [0.29, 0.717) is 13.0 Å². The first-order valence-corrected chi connectivity index (χ1v) is 7.65. The first-order valence-electron chi connectivity index (χ1n) is 7.65. The van der Waals surface area contributed by atoms with Crippen LogP contribution in [0.3, 0.4) is 0 Å². The third-order valence-corrected chi connectivity index (χ3v) is 3.52. The lowest BCUT2D eigenvalue weighted by atomic mass is 10.0. The summed E-state index contributed by atoms with van der Waals surface area (Å²) >= 11 is 0. The van der Waals surface area contributed by atoms with E-state index in [2.05, 4.69) is 19.1 Å². The van der Waals surface area contributed by atoms with Gasteiger partial charge >= 0.3 is 0 Å². The summed E-state index contributed by atoms with van der Waals surface area (Å²) in [5, 5.41) is 10.3. The fourth-order valence-electron chi connectivity index (χ4n) is 2.40. The highest BCUT2D eigenvalue weighted by molar-refractivity contribution is 5.27. The molecule has 1 unspecified atom stereocenters. The molecule has 2 rings (SSSR count). The van der Waals surface area contributed by atoms with E-state index in [1.807, 2.05) is 43.3 Å². The molecule has 0 saturated carbocycles. The largest absolute Gasteiger partial charge is 0.493 e. The Kier molecular flexibility index (Phi) is 5.82. The van der Waals surface area contributed by atoms with Crippen LogP contribution in [0, 0.1) is 6.92 Å². The third kappa shape index (κ3) is 4.91. The highest BCUT2D eigenvalue weighted by Crippen LogP contribution is 2.20. The predicted molar refractivity (Wildman–Crippen MR) is 86.7 cm³/mol. The van der Waals surface area contributed by atoms with E-state index >= 15 is 0 Å². The van der Waals surface area contributed by atoms with Gasteiger partial charge in [0.25, 0.3) is 0 Å². The zero-order valence-electron chi connectivity index (χ0n) is 12.9. The lowest BCUT2D eigenvalue weighted by Crippen LogP contribution is -2.06. The van der Waals surface area contributed by atoms with E-state index in [9.17, 15) is 5.11 Å². The lowest BCUT2D eigenvalue weighted by Gasteiger charge is -2.13. The van der Waals surface area contributed by atoms with Gasteiger partial charge in [-0.25, -0.2) is 0 Å². The van der Waals surface area contributed by atoms with E-state index in [-0.39, 0.29) is 0 Å². The van der Waals surface area contributed by atoms with E-state index in [1.54, 1.807) is 0 Å². The molecular formula is C19H24O2. The minimum atomic E-state index is -0.466. The van der Waals surface area contributed by atoms with Gasteiger partial charge in [0, 0.05) is 6.42 Å². The number of hydrogen-bond donors (Lipinski definition) is 1. The van der Waals surface area contributed by atoms with Crippen LogP contribution in [0.2, 0.25) is 0 Å². The lowest BCUT2D eigenvalue weighted by molar-refractivity contribution is 0.140. The molecule has 0 amide bonds. The fourth-order valence-corrected chi connectivity index (χ4v) is 2.40. The second-order valence-corrected chi connectivity index (χ2v) is 5.46. The molecule has 0 aliphatic heterocycles. The number of benzene rings is 2. The Bertz CT molecular complexity index is 563. The van der Waals surface area contributed by atoms with Crippen molar-refractivity contribution in [3.05, 3.63) is 65.2 Å². The molecule has 2 aromatic rings. The summed E-state index contributed by atoms with van der Waals surface area (Å²) in [7, 11) is 0. The molecule has 0 fully saturated rings. The molecule has 0 spiro atoms. The summed E-state index contributed by atoms with van der Waals surface area (Å²) in [5.41, 5.74) is 3.45. The minimum Gasteiger partial charge on any atom is -0.493 e. The SMILES string of the molecule is CCCc1cccc(C(O)CCOc2cccc(C)c2)c1. The zero-order chi connectivity index (χ0) is 15.1. The van der Waals surface area contributed by atoms with Crippen molar-refractivity contribution >= 4 is 0 Å². The summed E-state index contributed by atoms with van der Waals surface area (Å²) in [4.78, 5) is 0. The number of rotatable bonds is 7. The van der Waals surface area contributed by atoms with Crippen LogP contribution in [0.5, 0.6) is 5.75 Å². The van der Waals surface area contributed by atoms with Gasteiger partial charge in [-0.3, -0.25) is 0 Å². The standard InChI is InChI=1S/C19H24O2/c1-3-6-16-8-5-9-17(14-16)19(20)11-12-21-18-10-4-7-15(2)13-18/h4-5,7-10,13-14,19-20H,3,6,11-12H2,1-2H3. The van der Waals surface area contributed by atoms with E-state index in [4.69, 9.17) is 4.74 Å². The molecule has 0 aromatic heterocycles. The molecule has 0 aliphatic carbocycles. The highest BCUT2D eigenvalue weighted by atomic mass is 16.5. The molecule has 21 heavy (non-hydrogen) atoms.